The van der Waals surface area contributed by atoms with Crippen LogP contribution in [0.15, 0.2) is 47.1 Å². The minimum absolute atomic E-state index is 0.170. The highest BCUT2D eigenvalue weighted by atomic mass is 16.3. The minimum atomic E-state index is -0.317. The number of rotatable bonds is 1. The van der Waals surface area contributed by atoms with Crippen LogP contribution in [-0.2, 0) is 0 Å². The Morgan fingerprint density at radius 1 is 1.00 bits per heavy atom. The number of aliphatic hydroxyl groups excluding tert-OH is 1. The molecule has 0 saturated heterocycles. The first-order valence-corrected chi connectivity index (χ1v) is 8.20. The predicted octanol–water partition coefficient (Wildman–Crippen LogP) is 5.73. The van der Waals surface area contributed by atoms with Crippen LogP contribution in [0.4, 0.5) is 0 Å². The van der Waals surface area contributed by atoms with Gasteiger partial charge in [0.05, 0.1) is 6.10 Å². The molecule has 2 atom stereocenters. The monoisotopic (exact) mass is 288 g/mol. The van der Waals surface area contributed by atoms with Crippen molar-refractivity contribution in [3.8, 4) is 0 Å². The summed E-state index contributed by atoms with van der Waals surface area (Å²) >= 11 is 0. The standard InChI is InChI=1S/C20H32O/c1-15(2)19-13-12-17(4)10-6-8-16(3)9-7-11-18(5)14-20(19)21/h8,11-12,19-21H,1,6-7,9-10,13-14H2,2-5H3/b16-8+,17-12+,18-11+/t19?,20-/m1/s1. The maximum Gasteiger partial charge on any atom is 0.0645 e. The highest BCUT2D eigenvalue weighted by molar-refractivity contribution is 5.12. The smallest absolute Gasteiger partial charge is 0.0645 e. The Labute approximate surface area is 131 Å². The average Bonchev–Trinajstić information content (AvgIpc) is 2.37. The first kappa shape index (κ1) is 18.0. The Bertz CT molecular complexity index is 437. The lowest BCUT2D eigenvalue weighted by Gasteiger charge is -2.23. The predicted molar refractivity (Wildman–Crippen MR) is 93.3 cm³/mol. The van der Waals surface area contributed by atoms with Crippen molar-refractivity contribution in [2.24, 2.45) is 5.92 Å². The second-order valence-corrected chi connectivity index (χ2v) is 6.69. The van der Waals surface area contributed by atoms with Crippen molar-refractivity contribution >= 4 is 0 Å². The number of hydrogen-bond donors (Lipinski definition) is 1. The maximum absolute atomic E-state index is 10.5. The van der Waals surface area contributed by atoms with E-state index in [1.165, 1.54) is 16.7 Å². The molecule has 1 aliphatic rings. The van der Waals surface area contributed by atoms with Crippen LogP contribution in [0.3, 0.4) is 0 Å². The van der Waals surface area contributed by atoms with Crippen molar-refractivity contribution in [2.45, 2.75) is 72.3 Å². The van der Waals surface area contributed by atoms with E-state index < -0.39 is 0 Å². The zero-order valence-corrected chi connectivity index (χ0v) is 14.3. The number of allylic oxidation sites excluding steroid dienone is 5. The zero-order valence-electron chi connectivity index (χ0n) is 14.3. The van der Waals surface area contributed by atoms with Crippen molar-refractivity contribution in [2.75, 3.05) is 0 Å². The molecule has 1 aliphatic carbocycles. The van der Waals surface area contributed by atoms with E-state index in [1.54, 1.807) is 0 Å². The molecule has 0 spiro atoms. The summed E-state index contributed by atoms with van der Waals surface area (Å²) < 4.78 is 0. The second kappa shape index (κ2) is 9.04. The van der Waals surface area contributed by atoms with Gasteiger partial charge in [-0.3, -0.25) is 0 Å². The molecule has 1 N–H and O–H groups in total. The van der Waals surface area contributed by atoms with Crippen LogP contribution in [0.5, 0.6) is 0 Å². The Morgan fingerprint density at radius 3 is 2.10 bits per heavy atom. The summed E-state index contributed by atoms with van der Waals surface area (Å²) in [5.74, 6) is 0.170. The van der Waals surface area contributed by atoms with E-state index in [4.69, 9.17) is 0 Å². The fraction of sp³-hybridized carbons (Fsp3) is 0.600. The fourth-order valence-electron chi connectivity index (χ4n) is 2.87. The van der Waals surface area contributed by atoms with E-state index in [2.05, 4.69) is 45.6 Å². The fourth-order valence-corrected chi connectivity index (χ4v) is 2.87. The van der Waals surface area contributed by atoms with E-state index >= 15 is 0 Å². The molecule has 1 heteroatoms. The largest absolute Gasteiger partial charge is 0.392 e. The maximum atomic E-state index is 10.5. The van der Waals surface area contributed by atoms with Crippen molar-refractivity contribution in [3.63, 3.8) is 0 Å². The summed E-state index contributed by atoms with van der Waals surface area (Å²) in [6, 6.07) is 0. The lowest BCUT2D eigenvalue weighted by Crippen LogP contribution is -2.21. The molecular formula is C20H32O. The third-order valence-corrected chi connectivity index (χ3v) is 4.41. The third-order valence-electron chi connectivity index (χ3n) is 4.41. The number of hydrogen-bond acceptors (Lipinski definition) is 1. The first-order chi connectivity index (χ1) is 9.90. The molecular weight excluding hydrogens is 256 g/mol. The highest BCUT2D eigenvalue weighted by Crippen LogP contribution is 2.25. The molecule has 0 fully saturated rings. The van der Waals surface area contributed by atoms with Gasteiger partial charge in [0.2, 0.25) is 0 Å². The summed E-state index contributed by atoms with van der Waals surface area (Å²) in [7, 11) is 0. The normalized spacial score (nSPS) is 33.7. The summed E-state index contributed by atoms with van der Waals surface area (Å²) in [6.45, 7) is 12.7. The van der Waals surface area contributed by atoms with Gasteiger partial charge in [-0.25, -0.2) is 0 Å². The van der Waals surface area contributed by atoms with E-state index in [0.717, 1.165) is 44.1 Å². The van der Waals surface area contributed by atoms with Crippen molar-refractivity contribution in [1.29, 1.82) is 0 Å². The molecule has 0 aromatic rings. The lowest BCUT2D eigenvalue weighted by molar-refractivity contribution is 0.126. The zero-order chi connectivity index (χ0) is 15.8. The first-order valence-electron chi connectivity index (χ1n) is 8.20. The second-order valence-electron chi connectivity index (χ2n) is 6.69. The Balaban J connectivity index is 2.90. The molecule has 0 aromatic carbocycles. The van der Waals surface area contributed by atoms with E-state index in [-0.39, 0.29) is 12.0 Å². The van der Waals surface area contributed by atoms with Gasteiger partial charge in [0.15, 0.2) is 0 Å². The van der Waals surface area contributed by atoms with Gasteiger partial charge in [-0.2, -0.15) is 0 Å². The van der Waals surface area contributed by atoms with Crippen molar-refractivity contribution in [3.05, 3.63) is 47.1 Å². The van der Waals surface area contributed by atoms with E-state index in [0.29, 0.717) is 0 Å². The van der Waals surface area contributed by atoms with Gasteiger partial charge in [0.1, 0.15) is 0 Å². The van der Waals surface area contributed by atoms with Gasteiger partial charge < -0.3 is 5.11 Å². The molecule has 21 heavy (non-hydrogen) atoms. The van der Waals surface area contributed by atoms with E-state index in [9.17, 15) is 5.11 Å². The highest BCUT2D eigenvalue weighted by Gasteiger charge is 2.19. The van der Waals surface area contributed by atoms with Crippen molar-refractivity contribution in [1.82, 2.24) is 0 Å². The molecule has 0 heterocycles. The SMILES string of the molecule is C=C(C)C1C/C=C(\C)CC/C=C(\C)CC/C=C(\C)C[C@H]1O. The van der Waals surface area contributed by atoms with Crippen LogP contribution in [0, 0.1) is 5.92 Å². The quantitative estimate of drug-likeness (QED) is 0.611. The van der Waals surface area contributed by atoms with Crippen LogP contribution in [-0.4, -0.2) is 11.2 Å². The van der Waals surface area contributed by atoms with Crippen LogP contribution in [0.25, 0.3) is 0 Å². The average molecular weight is 288 g/mol. The van der Waals surface area contributed by atoms with Gasteiger partial charge in [-0.05, 0) is 66.2 Å². The van der Waals surface area contributed by atoms with Gasteiger partial charge >= 0.3 is 0 Å². The van der Waals surface area contributed by atoms with E-state index in [1.807, 2.05) is 6.92 Å². The van der Waals surface area contributed by atoms with Gasteiger partial charge in [0.25, 0.3) is 0 Å². The topological polar surface area (TPSA) is 20.2 Å². The molecule has 118 valence electrons. The molecule has 0 radical (unpaired) electrons. The van der Waals surface area contributed by atoms with Crippen molar-refractivity contribution < 1.29 is 5.11 Å². The molecule has 1 unspecified atom stereocenters. The summed E-state index contributed by atoms with van der Waals surface area (Å²) in [6.07, 6.45) is 12.7. The Kier molecular flexibility index (Phi) is 7.74. The minimum Gasteiger partial charge on any atom is -0.392 e. The summed E-state index contributed by atoms with van der Waals surface area (Å²) in [4.78, 5) is 0. The molecule has 0 amide bonds. The molecule has 1 nitrogen and oxygen atoms in total. The number of aliphatic hydroxyl groups is 1. The molecule has 1 rings (SSSR count). The van der Waals surface area contributed by atoms with Crippen LogP contribution < -0.4 is 0 Å². The summed E-state index contributed by atoms with van der Waals surface area (Å²) in [5.41, 5.74) is 5.27. The van der Waals surface area contributed by atoms with Crippen LogP contribution in [0.1, 0.15) is 66.2 Å². The molecule has 0 bridgehead atoms. The van der Waals surface area contributed by atoms with Gasteiger partial charge in [-0.15, -0.1) is 0 Å². The molecule has 0 aliphatic heterocycles. The summed E-state index contributed by atoms with van der Waals surface area (Å²) in [5, 5.41) is 10.5. The van der Waals surface area contributed by atoms with Gasteiger partial charge in [0, 0.05) is 5.92 Å². The Morgan fingerprint density at radius 2 is 1.52 bits per heavy atom. The lowest BCUT2D eigenvalue weighted by atomic mass is 9.87. The third kappa shape index (κ3) is 6.95. The Hall–Kier alpha value is -1.08. The molecule has 0 saturated carbocycles. The van der Waals surface area contributed by atoms with Gasteiger partial charge in [-0.1, -0.05) is 47.1 Å². The van der Waals surface area contributed by atoms with Crippen LogP contribution >= 0.6 is 0 Å². The van der Waals surface area contributed by atoms with Crippen LogP contribution in [0.2, 0.25) is 0 Å². The molecule has 0 aromatic heterocycles.